The minimum absolute atomic E-state index is 0.321. The quantitative estimate of drug-likeness (QED) is 0.872. The Morgan fingerprint density at radius 1 is 1.38 bits per heavy atom. The van der Waals surface area contributed by atoms with E-state index >= 15 is 0 Å². The van der Waals surface area contributed by atoms with Gasteiger partial charge in [0.15, 0.2) is 0 Å². The van der Waals surface area contributed by atoms with Crippen LogP contribution in [-0.2, 0) is 16.6 Å². The summed E-state index contributed by atoms with van der Waals surface area (Å²) in [5.41, 5.74) is 1.69. The molecule has 1 aromatic carbocycles. The van der Waals surface area contributed by atoms with Gasteiger partial charge < -0.3 is 5.32 Å². The van der Waals surface area contributed by atoms with Gasteiger partial charge in [-0.1, -0.05) is 18.0 Å². The number of halogens is 1. The predicted molar refractivity (Wildman–Crippen MR) is 86.1 cm³/mol. The average molecular weight is 331 g/mol. The SMILES string of the molecule is CNCc1cc(Cl)cc(S(=O)(=O)N(C)CC2CCC2)c1C. The van der Waals surface area contributed by atoms with E-state index in [2.05, 4.69) is 5.32 Å². The molecule has 0 saturated heterocycles. The fourth-order valence-electron chi connectivity index (χ4n) is 2.66. The lowest BCUT2D eigenvalue weighted by Gasteiger charge is -2.30. The summed E-state index contributed by atoms with van der Waals surface area (Å²) in [5.74, 6) is 0.501. The third kappa shape index (κ3) is 3.59. The van der Waals surface area contributed by atoms with Crippen LogP contribution in [0.1, 0.15) is 30.4 Å². The van der Waals surface area contributed by atoms with Gasteiger partial charge >= 0.3 is 0 Å². The molecule has 1 fully saturated rings. The third-order valence-corrected chi connectivity index (χ3v) is 6.40. The molecule has 1 saturated carbocycles. The largest absolute Gasteiger partial charge is 0.316 e. The van der Waals surface area contributed by atoms with Crippen LogP contribution in [0.5, 0.6) is 0 Å². The first-order valence-electron chi connectivity index (χ1n) is 7.26. The third-order valence-electron chi connectivity index (χ3n) is 4.23. The lowest BCUT2D eigenvalue weighted by Crippen LogP contribution is -2.34. The van der Waals surface area contributed by atoms with Crippen LogP contribution < -0.4 is 5.32 Å². The van der Waals surface area contributed by atoms with Crippen molar-refractivity contribution in [3.63, 3.8) is 0 Å². The smallest absolute Gasteiger partial charge is 0.243 e. The topological polar surface area (TPSA) is 49.4 Å². The summed E-state index contributed by atoms with van der Waals surface area (Å²) in [6.45, 7) is 3.03. The summed E-state index contributed by atoms with van der Waals surface area (Å²) in [7, 11) is 0.00594. The number of hydrogen-bond acceptors (Lipinski definition) is 3. The fourth-order valence-corrected chi connectivity index (χ4v) is 4.50. The van der Waals surface area contributed by atoms with Crippen LogP contribution in [0.4, 0.5) is 0 Å². The van der Waals surface area contributed by atoms with Gasteiger partial charge in [-0.2, -0.15) is 0 Å². The van der Waals surface area contributed by atoms with Crippen LogP contribution in [0.2, 0.25) is 5.02 Å². The highest BCUT2D eigenvalue weighted by molar-refractivity contribution is 7.89. The first-order valence-corrected chi connectivity index (χ1v) is 9.08. The molecule has 0 aromatic heterocycles. The second kappa shape index (κ2) is 6.65. The Morgan fingerprint density at radius 3 is 2.57 bits per heavy atom. The van der Waals surface area contributed by atoms with Crippen molar-refractivity contribution in [1.82, 2.24) is 9.62 Å². The average Bonchev–Trinajstić information content (AvgIpc) is 2.37. The summed E-state index contributed by atoms with van der Waals surface area (Å²) in [4.78, 5) is 0.321. The second-order valence-corrected chi connectivity index (χ2v) is 8.25. The maximum atomic E-state index is 12.8. The van der Waals surface area contributed by atoms with E-state index in [1.807, 2.05) is 20.0 Å². The van der Waals surface area contributed by atoms with Crippen LogP contribution >= 0.6 is 11.6 Å². The molecule has 2 rings (SSSR count). The fraction of sp³-hybridized carbons (Fsp3) is 0.600. The van der Waals surface area contributed by atoms with Crippen molar-refractivity contribution in [2.45, 2.75) is 37.6 Å². The maximum Gasteiger partial charge on any atom is 0.243 e. The van der Waals surface area contributed by atoms with Crippen molar-refractivity contribution in [1.29, 1.82) is 0 Å². The van der Waals surface area contributed by atoms with Crippen LogP contribution in [-0.4, -0.2) is 33.4 Å². The van der Waals surface area contributed by atoms with Gasteiger partial charge in [0.25, 0.3) is 0 Å². The maximum absolute atomic E-state index is 12.8. The lowest BCUT2D eigenvalue weighted by molar-refractivity contribution is 0.263. The Balaban J connectivity index is 2.34. The van der Waals surface area contributed by atoms with Crippen molar-refractivity contribution in [3.8, 4) is 0 Å². The number of benzene rings is 1. The zero-order valence-electron chi connectivity index (χ0n) is 12.8. The molecule has 1 aromatic rings. The minimum Gasteiger partial charge on any atom is -0.316 e. The van der Waals surface area contributed by atoms with Crippen LogP contribution in [0.15, 0.2) is 17.0 Å². The zero-order valence-corrected chi connectivity index (χ0v) is 14.4. The van der Waals surface area contributed by atoms with Crippen LogP contribution in [0, 0.1) is 12.8 Å². The molecular weight excluding hydrogens is 308 g/mol. The molecule has 0 amide bonds. The van der Waals surface area contributed by atoms with Crippen molar-refractivity contribution in [3.05, 3.63) is 28.3 Å². The standard InChI is InChI=1S/C15H23ClN2O2S/c1-11-13(9-17-2)7-14(16)8-15(11)21(19,20)18(3)10-12-5-4-6-12/h7-8,12,17H,4-6,9-10H2,1-3H3. The Bertz CT molecular complexity index is 612. The van der Waals surface area contributed by atoms with Gasteiger partial charge in [-0.3, -0.25) is 0 Å². The first kappa shape index (κ1) is 16.7. The monoisotopic (exact) mass is 330 g/mol. The molecule has 1 aliphatic carbocycles. The number of rotatable bonds is 6. The van der Waals surface area contributed by atoms with E-state index in [0.717, 1.165) is 24.0 Å². The molecule has 0 atom stereocenters. The molecular formula is C15H23ClN2O2S. The zero-order chi connectivity index (χ0) is 15.6. The van der Waals surface area contributed by atoms with Gasteiger partial charge in [-0.15, -0.1) is 0 Å². The Kier molecular flexibility index (Phi) is 5.30. The van der Waals surface area contributed by atoms with Crippen molar-refractivity contribution in [2.75, 3.05) is 20.6 Å². The lowest BCUT2D eigenvalue weighted by atomic mass is 9.86. The van der Waals surface area contributed by atoms with E-state index < -0.39 is 10.0 Å². The molecule has 6 heteroatoms. The van der Waals surface area contributed by atoms with E-state index in [4.69, 9.17) is 11.6 Å². The molecule has 0 radical (unpaired) electrons. The Morgan fingerprint density at radius 2 is 2.05 bits per heavy atom. The highest BCUT2D eigenvalue weighted by atomic mass is 35.5. The predicted octanol–water partition coefficient (Wildman–Crippen LogP) is 2.79. The first-order chi connectivity index (χ1) is 9.86. The highest BCUT2D eigenvalue weighted by Crippen LogP contribution is 2.30. The van der Waals surface area contributed by atoms with Gasteiger partial charge in [0.2, 0.25) is 10.0 Å². The minimum atomic E-state index is -3.48. The normalized spacial score (nSPS) is 16.2. The Hall–Kier alpha value is -0.620. The summed E-state index contributed by atoms with van der Waals surface area (Å²) in [5, 5.41) is 3.50. The summed E-state index contributed by atoms with van der Waals surface area (Å²) in [6.07, 6.45) is 3.46. The van der Waals surface area contributed by atoms with Gasteiger partial charge in [0, 0.05) is 25.2 Å². The molecule has 1 aliphatic rings. The molecule has 1 N–H and O–H groups in total. The molecule has 118 valence electrons. The van der Waals surface area contributed by atoms with Crippen molar-refractivity contribution in [2.24, 2.45) is 5.92 Å². The molecule has 0 aliphatic heterocycles. The van der Waals surface area contributed by atoms with Crippen molar-refractivity contribution < 1.29 is 8.42 Å². The number of hydrogen-bond donors (Lipinski definition) is 1. The summed E-state index contributed by atoms with van der Waals surface area (Å²) in [6, 6.07) is 3.38. The molecule has 21 heavy (non-hydrogen) atoms. The van der Waals surface area contributed by atoms with Gasteiger partial charge in [0.05, 0.1) is 4.90 Å². The van der Waals surface area contributed by atoms with E-state index in [-0.39, 0.29) is 0 Å². The van der Waals surface area contributed by atoms with E-state index in [1.54, 1.807) is 13.1 Å². The highest BCUT2D eigenvalue weighted by Gasteiger charge is 2.28. The Labute approximate surface area is 132 Å². The second-order valence-electron chi connectivity index (χ2n) is 5.80. The molecule has 0 heterocycles. The molecule has 0 spiro atoms. The number of nitrogens with one attached hydrogen (secondary N) is 1. The number of sulfonamides is 1. The number of nitrogens with zero attached hydrogens (tertiary/aromatic N) is 1. The summed E-state index contributed by atoms with van der Waals surface area (Å²) < 4.78 is 27.0. The molecule has 0 bridgehead atoms. The van der Waals surface area contributed by atoms with E-state index in [9.17, 15) is 8.42 Å². The summed E-state index contributed by atoms with van der Waals surface area (Å²) >= 11 is 6.10. The van der Waals surface area contributed by atoms with Crippen LogP contribution in [0.25, 0.3) is 0 Å². The van der Waals surface area contributed by atoms with E-state index in [1.165, 1.54) is 10.7 Å². The van der Waals surface area contributed by atoms with E-state index in [0.29, 0.717) is 28.9 Å². The molecule has 0 unspecified atom stereocenters. The van der Waals surface area contributed by atoms with Gasteiger partial charge in [-0.25, -0.2) is 12.7 Å². The van der Waals surface area contributed by atoms with Crippen LogP contribution in [0.3, 0.4) is 0 Å². The van der Waals surface area contributed by atoms with Gasteiger partial charge in [0.1, 0.15) is 0 Å². The van der Waals surface area contributed by atoms with Gasteiger partial charge in [-0.05, 0) is 56.0 Å². The molecule has 4 nitrogen and oxygen atoms in total. The van der Waals surface area contributed by atoms with Crippen molar-refractivity contribution >= 4 is 21.6 Å².